The highest BCUT2D eigenvalue weighted by atomic mass is 16.9. The van der Waals surface area contributed by atoms with E-state index in [4.69, 9.17) is 33.2 Å². The van der Waals surface area contributed by atoms with Gasteiger partial charge in [0.2, 0.25) is 5.91 Å². The predicted molar refractivity (Wildman–Crippen MR) is 244 cm³/mol. The van der Waals surface area contributed by atoms with Gasteiger partial charge in [-0.3, -0.25) is 23.9 Å². The number of nitrogens with one attached hydrogen (secondary N) is 1. The molecule has 1 amide bonds. The minimum atomic E-state index is -1.78. The maximum absolute atomic E-state index is 13.3. The molecule has 2 fully saturated rings. The zero-order valence-corrected chi connectivity index (χ0v) is 40.3. The van der Waals surface area contributed by atoms with Gasteiger partial charge in [-0.05, 0) is 19.3 Å². The van der Waals surface area contributed by atoms with E-state index in [2.05, 4.69) is 19.2 Å². The Morgan fingerprint density at radius 1 is 0.635 bits per heavy atom. The summed E-state index contributed by atoms with van der Waals surface area (Å²) in [5.41, 5.74) is 0. The number of ether oxygens (including phenoxy) is 7. The second kappa shape index (κ2) is 34.7. The topological polar surface area (TPSA) is 165 Å². The number of unbranched alkanes of at least 4 members (excludes halogenated alkanes) is 25. The number of fused-ring (bicyclic) bond motifs is 1. The van der Waals surface area contributed by atoms with Crippen molar-refractivity contribution in [3.8, 4) is 0 Å². The molecule has 2 aliphatic heterocycles. The number of amides is 1. The fourth-order valence-electron chi connectivity index (χ4n) is 8.34. The SMILES string of the molecule is CCCCCCCCCCCCC/C=C/[C@@H](O)[C@H](COC1(C)O[C@H]2O[C@H](COC(C)=O)[C@H](OC(C)=O)[C@H](OC(C)=O)[C@H]2O1)NC(=O)CCCCCCCCCCCCCCCCC. The van der Waals surface area contributed by atoms with Crippen molar-refractivity contribution in [2.24, 2.45) is 0 Å². The van der Waals surface area contributed by atoms with E-state index in [1.165, 1.54) is 163 Å². The van der Waals surface area contributed by atoms with Crippen LogP contribution in [0, 0.1) is 0 Å². The molecule has 13 nitrogen and oxygen atoms in total. The second-order valence-electron chi connectivity index (χ2n) is 18.0. The van der Waals surface area contributed by atoms with Crippen molar-refractivity contribution in [2.75, 3.05) is 13.2 Å². The molecule has 0 aliphatic carbocycles. The molecule has 2 aliphatic rings. The summed E-state index contributed by atoms with van der Waals surface area (Å²) in [6.45, 7) is 9.15. The molecule has 2 rings (SSSR count). The Labute approximate surface area is 381 Å². The van der Waals surface area contributed by atoms with Gasteiger partial charge in [0.05, 0.1) is 18.8 Å². The monoisotopic (exact) mass is 896 g/mol. The summed E-state index contributed by atoms with van der Waals surface area (Å²) in [5.74, 6) is -3.87. The highest BCUT2D eigenvalue weighted by Crippen LogP contribution is 2.40. The molecule has 8 atom stereocenters. The molecular formula is C50H89NO12. The summed E-state index contributed by atoms with van der Waals surface area (Å²) >= 11 is 0. The molecule has 366 valence electrons. The number of hydrogen-bond acceptors (Lipinski definition) is 12. The number of carbonyl (C=O) groups excluding carboxylic acids is 4. The van der Waals surface area contributed by atoms with Gasteiger partial charge in [0, 0.05) is 34.1 Å². The minimum Gasteiger partial charge on any atom is -0.463 e. The summed E-state index contributed by atoms with van der Waals surface area (Å²) in [7, 11) is 0. The summed E-state index contributed by atoms with van der Waals surface area (Å²) < 4.78 is 40.7. The highest BCUT2D eigenvalue weighted by Gasteiger charge is 2.59. The molecule has 63 heavy (non-hydrogen) atoms. The maximum Gasteiger partial charge on any atom is 0.303 e. The zero-order chi connectivity index (χ0) is 46.1. The van der Waals surface area contributed by atoms with E-state index in [9.17, 15) is 24.3 Å². The third-order valence-corrected chi connectivity index (χ3v) is 11.9. The lowest BCUT2D eigenvalue weighted by atomic mass is 9.98. The smallest absolute Gasteiger partial charge is 0.303 e. The molecule has 2 heterocycles. The average molecular weight is 896 g/mol. The normalized spacial score (nSPS) is 23.0. The molecule has 2 saturated heterocycles. The van der Waals surface area contributed by atoms with Gasteiger partial charge in [-0.1, -0.05) is 180 Å². The Morgan fingerprint density at radius 2 is 1.10 bits per heavy atom. The Kier molecular flexibility index (Phi) is 31.2. The summed E-state index contributed by atoms with van der Waals surface area (Å²) in [6.07, 6.45) is 30.5. The van der Waals surface area contributed by atoms with E-state index < -0.39 is 66.7 Å². The van der Waals surface area contributed by atoms with Gasteiger partial charge in [0.1, 0.15) is 12.7 Å². The molecule has 0 saturated carbocycles. The number of allylic oxidation sites excluding steroid dienone is 1. The first-order valence-electron chi connectivity index (χ1n) is 25.2. The van der Waals surface area contributed by atoms with E-state index in [1.807, 2.05) is 6.08 Å². The summed E-state index contributed by atoms with van der Waals surface area (Å²) in [5, 5.41) is 14.3. The molecule has 0 aromatic rings. The number of aliphatic hydroxyl groups excluding tert-OH is 1. The largest absolute Gasteiger partial charge is 0.463 e. The van der Waals surface area contributed by atoms with Crippen molar-refractivity contribution >= 4 is 23.8 Å². The fraction of sp³-hybridized carbons (Fsp3) is 0.880. The van der Waals surface area contributed by atoms with Gasteiger partial charge < -0.3 is 38.8 Å². The molecule has 0 aromatic heterocycles. The number of rotatable bonds is 38. The van der Waals surface area contributed by atoms with Crippen LogP contribution in [0.4, 0.5) is 0 Å². The van der Waals surface area contributed by atoms with E-state index >= 15 is 0 Å². The van der Waals surface area contributed by atoms with Crippen LogP contribution in [0.3, 0.4) is 0 Å². The first kappa shape index (κ1) is 56.5. The Hall–Kier alpha value is -2.58. The molecule has 13 heteroatoms. The molecule has 0 aromatic carbocycles. The van der Waals surface area contributed by atoms with Crippen molar-refractivity contribution < 1.29 is 57.4 Å². The van der Waals surface area contributed by atoms with Crippen LogP contribution >= 0.6 is 0 Å². The van der Waals surface area contributed by atoms with Crippen molar-refractivity contribution in [1.82, 2.24) is 5.32 Å². The van der Waals surface area contributed by atoms with Crippen LogP contribution in [0.5, 0.6) is 0 Å². The summed E-state index contributed by atoms with van der Waals surface area (Å²) in [4.78, 5) is 49.2. The van der Waals surface area contributed by atoms with Crippen LogP contribution in [0.15, 0.2) is 12.2 Å². The molecule has 0 bridgehead atoms. The Morgan fingerprint density at radius 3 is 1.57 bits per heavy atom. The molecular weight excluding hydrogens is 807 g/mol. The quantitative estimate of drug-likeness (QED) is 0.0261. The van der Waals surface area contributed by atoms with Crippen LogP contribution < -0.4 is 5.32 Å². The third-order valence-electron chi connectivity index (χ3n) is 11.9. The minimum absolute atomic E-state index is 0.181. The van der Waals surface area contributed by atoms with E-state index in [0.717, 1.165) is 38.5 Å². The Balaban J connectivity index is 1.94. The predicted octanol–water partition coefficient (Wildman–Crippen LogP) is 10.6. The van der Waals surface area contributed by atoms with Crippen molar-refractivity contribution in [3.63, 3.8) is 0 Å². The number of hydrogen-bond donors (Lipinski definition) is 2. The standard InChI is InChI=1S/C50H89NO12/c1-7-9-11-13-15-17-19-21-22-24-26-28-30-32-34-36-45(56)51-42(43(55)35-33-31-29-27-25-23-20-18-16-14-12-10-8-2)37-58-50(6)62-48-47(60-41(5)54)46(59-40(4)53)44(38-57-39(3)52)61-49(48)63-50/h33,35,42-44,46-49,55H,7-32,34,36-38H2,1-6H3,(H,51,56)/b35-33+/t42-,43+,44+,46-,47-,48+,49+,50?/m0/s1. The van der Waals surface area contributed by atoms with Gasteiger partial charge in [-0.15, -0.1) is 0 Å². The molecule has 0 spiro atoms. The van der Waals surface area contributed by atoms with E-state index in [0.29, 0.717) is 6.42 Å². The van der Waals surface area contributed by atoms with E-state index in [1.54, 1.807) is 6.08 Å². The lowest BCUT2D eigenvalue weighted by Crippen LogP contribution is -2.60. The van der Waals surface area contributed by atoms with Gasteiger partial charge in [0.25, 0.3) is 5.97 Å². The first-order chi connectivity index (χ1) is 30.4. The van der Waals surface area contributed by atoms with Crippen LogP contribution in [-0.2, 0) is 52.3 Å². The van der Waals surface area contributed by atoms with Crippen LogP contribution in [0.25, 0.3) is 0 Å². The van der Waals surface area contributed by atoms with Crippen LogP contribution in [-0.4, -0.2) is 91.0 Å². The first-order valence-corrected chi connectivity index (χ1v) is 25.2. The van der Waals surface area contributed by atoms with Gasteiger partial charge >= 0.3 is 17.9 Å². The van der Waals surface area contributed by atoms with Gasteiger partial charge in [0.15, 0.2) is 24.6 Å². The lowest BCUT2D eigenvalue weighted by Gasteiger charge is -2.40. The molecule has 0 radical (unpaired) electrons. The third kappa shape index (κ3) is 26.2. The lowest BCUT2D eigenvalue weighted by molar-refractivity contribution is -0.346. The Bertz CT molecular complexity index is 1260. The van der Waals surface area contributed by atoms with Gasteiger partial charge in [-0.25, -0.2) is 0 Å². The number of aliphatic hydroxyl groups is 1. The highest BCUT2D eigenvalue weighted by molar-refractivity contribution is 5.76. The maximum atomic E-state index is 13.3. The molecule has 2 N–H and O–H groups in total. The fourth-order valence-corrected chi connectivity index (χ4v) is 8.34. The molecule has 1 unspecified atom stereocenters. The van der Waals surface area contributed by atoms with Crippen molar-refractivity contribution in [2.45, 2.75) is 270 Å². The zero-order valence-electron chi connectivity index (χ0n) is 40.3. The number of carbonyl (C=O) groups is 4. The van der Waals surface area contributed by atoms with Gasteiger partial charge in [-0.2, -0.15) is 0 Å². The van der Waals surface area contributed by atoms with Crippen LogP contribution in [0.1, 0.15) is 221 Å². The second-order valence-corrected chi connectivity index (χ2v) is 18.0. The summed E-state index contributed by atoms with van der Waals surface area (Å²) in [6, 6.07) is -0.829. The number of esters is 3. The van der Waals surface area contributed by atoms with Crippen molar-refractivity contribution in [3.05, 3.63) is 12.2 Å². The average Bonchev–Trinajstić information content (AvgIpc) is 3.58. The van der Waals surface area contributed by atoms with Crippen LogP contribution in [0.2, 0.25) is 0 Å². The van der Waals surface area contributed by atoms with E-state index in [-0.39, 0.29) is 19.1 Å². The van der Waals surface area contributed by atoms with Crippen molar-refractivity contribution in [1.29, 1.82) is 0 Å².